The maximum absolute atomic E-state index is 13.7. The van der Waals surface area contributed by atoms with Crippen molar-refractivity contribution in [3.8, 4) is 23.0 Å². The Balaban J connectivity index is 0.890. The van der Waals surface area contributed by atoms with Gasteiger partial charge in [0.25, 0.3) is 11.8 Å². The van der Waals surface area contributed by atoms with Gasteiger partial charge in [0.15, 0.2) is 47.3 Å². The summed E-state index contributed by atoms with van der Waals surface area (Å²) < 4.78 is 58.3. The van der Waals surface area contributed by atoms with Crippen molar-refractivity contribution in [3.05, 3.63) is 126 Å². The minimum Gasteiger partial charge on any atom is -0.505 e. The molecule has 7 heterocycles. The van der Waals surface area contributed by atoms with Crippen molar-refractivity contribution in [1.29, 1.82) is 0 Å². The fourth-order valence-electron chi connectivity index (χ4n) is 10.0. The van der Waals surface area contributed by atoms with Crippen molar-refractivity contribution in [2.24, 2.45) is 0 Å². The first-order valence-corrected chi connectivity index (χ1v) is 25.0. The highest BCUT2D eigenvalue weighted by atomic mass is 16.7. The predicted octanol–water partition coefficient (Wildman–Crippen LogP) is 5.57. The number of carbonyl (C=O) groups is 4. The zero-order valence-corrected chi connectivity index (χ0v) is 45.1. The molecular weight excluding hydrogens is 1050 g/mol. The van der Waals surface area contributed by atoms with E-state index in [9.17, 15) is 49.2 Å². The summed E-state index contributed by atoms with van der Waals surface area (Å²) in [6.45, 7) is 14.6. The number of methoxy groups -OCH3 is 2. The van der Waals surface area contributed by atoms with Crippen LogP contribution in [0.2, 0.25) is 0 Å². The van der Waals surface area contributed by atoms with E-state index < -0.39 is 118 Å². The molecule has 0 aliphatic carbocycles. The SMILES string of the molecule is CO[C@@H]1[C@@H](OC(=O)c2ccc(C)[nH]2)[C@@H](O)[C@H](Oc2ccc3c(O)c(NC(=O)c4c[nH]c(C(=O)Nc5c(O)c6ccc(O[C@H]7OC(C)(C)[C@@H](OC)[C@H](OC(=O)c8ccc(C)[nH]8)[C@@H]7O)c(C)c6oc5=O)c4C)c(=O)oc3c2C)OC1(C)C. The molecular formula is C55H59N5O20. The van der Waals surface area contributed by atoms with Crippen molar-refractivity contribution in [1.82, 2.24) is 15.0 Å². The summed E-state index contributed by atoms with van der Waals surface area (Å²) >= 11 is 0. The van der Waals surface area contributed by atoms with E-state index >= 15 is 0 Å². The summed E-state index contributed by atoms with van der Waals surface area (Å²) in [5, 5.41) is 50.4. The number of anilines is 2. The second-order valence-electron chi connectivity index (χ2n) is 20.5. The normalized spacial score (nSPS) is 22.4. The van der Waals surface area contributed by atoms with Gasteiger partial charge >= 0.3 is 23.2 Å². The van der Waals surface area contributed by atoms with Crippen LogP contribution in [0.25, 0.3) is 21.9 Å². The van der Waals surface area contributed by atoms with Crippen LogP contribution in [0.5, 0.6) is 23.0 Å². The number of aromatic amines is 3. The van der Waals surface area contributed by atoms with Crippen LogP contribution in [0.4, 0.5) is 11.4 Å². The van der Waals surface area contributed by atoms with Gasteiger partial charge in [0.2, 0.25) is 12.6 Å². The molecule has 8 atom stereocenters. The Morgan fingerprint density at radius 2 is 1.00 bits per heavy atom. The van der Waals surface area contributed by atoms with Crippen molar-refractivity contribution in [2.75, 3.05) is 24.9 Å². The number of amides is 2. The van der Waals surface area contributed by atoms with Gasteiger partial charge in [0, 0.05) is 42.9 Å². The van der Waals surface area contributed by atoms with Crippen molar-refractivity contribution >= 4 is 57.1 Å². The lowest BCUT2D eigenvalue weighted by molar-refractivity contribution is -0.305. The number of esters is 2. The molecule has 5 aromatic heterocycles. The smallest absolute Gasteiger partial charge is 0.364 e. The number of aryl methyl sites for hydroxylation is 4. The highest BCUT2D eigenvalue weighted by molar-refractivity contribution is 6.12. The molecule has 80 heavy (non-hydrogen) atoms. The molecule has 7 aromatic rings. The lowest BCUT2D eigenvalue weighted by Crippen LogP contribution is -2.65. The lowest BCUT2D eigenvalue weighted by Gasteiger charge is -2.47. The fourth-order valence-corrected chi connectivity index (χ4v) is 10.0. The number of nitrogens with one attached hydrogen (secondary N) is 5. The van der Waals surface area contributed by atoms with Gasteiger partial charge in [-0.2, -0.15) is 0 Å². The molecule has 2 aliphatic rings. The van der Waals surface area contributed by atoms with E-state index in [4.69, 9.17) is 46.7 Å². The Morgan fingerprint density at radius 1 is 0.588 bits per heavy atom. The molecule has 0 spiro atoms. The fraction of sp³-hybridized carbons (Fsp3) is 0.382. The Kier molecular flexibility index (Phi) is 15.0. The number of H-pyrrole nitrogens is 3. The van der Waals surface area contributed by atoms with Crippen LogP contribution in [0.1, 0.15) is 97.6 Å². The van der Waals surface area contributed by atoms with E-state index in [1.54, 1.807) is 53.7 Å². The standard InChI is InChI=1S/C55H59N5O20/c1-21-12-16-29(57-21)48(67)77-42-38(63)52(79-54(6,7)44(42)71-10)73-31-18-14-26-36(61)34(50(69)75-40(26)24(31)4)59-46(65)28-20-56-33(23(28)3)47(66)60-35-37(62)27-15-19-32(25(5)41(27)76-51(35)70)74-53-39(64)43(45(72-11)55(8,9)80-53)78-49(68)30-17-13-22(2)58-30/h12-20,38-39,42-45,52-53,56-58,61-64H,1-11H3,(H,59,65)(H,60,66)/t38-,39+,42+,43-,44-,45+,52-,53+/m1/s1. The summed E-state index contributed by atoms with van der Waals surface area (Å²) in [4.78, 5) is 89.0. The first-order chi connectivity index (χ1) is 37.7. The molecule has 2 fully saturated rings. The van der Waals surface area contributed by atoms with Crippen LogP contribution in [0, 0.1) is 34.6 Å². The van der Waals surface area contributed by atoms with Gasteiger partial charge in [0.1, 0.15) is 52.0 Å². The largest absolute Gasteiger partial charge is 0.505 e. The van der Waals surface area contributed by atoms with E-state index in [2.05, 4.69) is 25.6 Å². The minimum atomic E-state index is -1.59. The molecule has 9 N–H and O–H groups in total. The van der Waals surface area contributed by atoms with Gasteiger partial charge < -0.3 is 92.7 Å². The van der Waals surface area contributed by atoms with E-state index in [1.807, 2.05) is 0 Å². The summed E-state index contributed by atoms with van der Waals surface area (Å²) in [6, 6.07) is 11.9. The Bertz CT molecular complexity index is 3480. The van der Waals surface area contributed by atoms with Gasteiger partial charge in [-0.05, 0) is 116 Å². The van der Waals surface area contributed by atoms with Crippen LogP contribution in [0.15, 0.2) is 73.2 Å². The minimum absolute atomic E-state index is 0.0247. The van der Waals surface area contributed by atoms with E-state index in [-0.39, 0.29) is 72.8 Å². The summed E-state index contributed by atoms with van der Waals surface area (Å²) in [7, 11) is 2.76. The third-order valence-electron chi connectivity index (χ3n) is 14.2. The van der Waals surface area contributed by atoms with Gasteiger partial charge in [-0.15, -0.1) is 0 Å². The molecule has 9 rings (SSSR count). The van der Waals surface area contributed by atoms with Crippen LogP contribution >= 0.6 is 0 Å². The number of carbonyl (C=O) groups excluding carboxylic acids is 4. The van der Waals surface area contributed by atoms with Gasteiger partial charge in [0.05, 0.1) is 27.5 Å². The maximum atomic E-state index is 13.7. The van der Waals surface area contributed by atoms with Crippen molar-refractivity contribution in [3.63, 3.8) is 0 Å². The van der Waals surface area contributed by atoms with Gasteiger partial charge in [-0.25, -0.2) is 19.2 Å². The Labute approximate surface area is 454 Å². The molecule has 2 amide bonds. The molecule has 25 heteroatoms. The molecule has 0 unspecified atom stereocenters. The lowest BCUT2D eigenvalue weighted by atomic mass is 9.89. The molecule has 0 radical (unpaired) electrons. The molecule has 424 valence electrons. The highest BCUT2D eigenvalue weighted by Gasteiger charge is 2.55. The Morgan fingerprint density at radius 3 is 1.39 bits per heavy atom. The number of aromatic nitrogens is 3. The number of hydrogen-bond acceptors (Lipinski definition) is 20. The quantitative estimate of drug-likeness (QED) is 0.0474. The predicted molar refractivity (Wildman–Crippen MR) is 281 cm³/mol. The topological polar surface area (TPSA) is 355 Å². The monoisotopic (exact) mass is 1110 g/mol. The first-order valence-electron chi connectivity index (χ1n) is 25.0. The van der Waals surface area contributed by atoms with Crippen molar-refractivity contribution in [2.45, 2.75) is 123 Å². The zero-order valence-electron chi connectivity index (χ0n) is 45.1. The number of aliphatic hydroxyl groups excluding tert-OH is 2. The summed E-state index contributed by atoms with van der Waals surface area (Å²) in [5.41, 5.74) is -4.60. The van der Waals surface area contributed by atoms with E-state index in [0.717, 1.165) is 6.20 Å². The summed E-state index contributed by atoms with van der Waals surface area (Å²) in [5.74, 6) is -4.71. The van der Waals surface area contributed by atoms with Crippen LogP contribution < -0.4 is 31.4 Å². The third kappa shape index (κ3) is 10.2. The second-order valence-corrected chi connectivity index (χ2v) is 20.5. The summed E-state index contributed by atoms with van der Waals surface area (Å²) in [6.07, 6.45) is -9.34. The average molecular weight is 1110 g/mol. The number of hydrogen-bond donors (Lipinski definition) is 9. The third-order valence-corrected chi connectivity index (χ3v) is 14.2. The number of aromatic hydroxyl groups is 2. The molecule has 0 bridgehead atoms. The number of rotatable bonds is 14. The molecule has 0 saturated carbocycles. The molecule has 2 saturated heterocycles. The van der Waals surface area contributed by atoms with Crippen molar-refractivity contribution < 1.29 is 86.3 Å². The molecule has 2 aliphatic heterocycles. The first kappa shape index (κ1) is 56.3. The maximum Gasteiger partial charge on any atom is 0.364 e. The Hall–Kier alpha value is -8.46. The van der Waals surface area contributed by atoms with E-state index in [0.29, 0.717) is 11.4 Å². The van der Waals surface area contributed by atoms with Crippen LogP contribution in [-0.4, -0.2) is 134 Å². The second kappa shape index (κ2) is 21.3. The van der Waals surface area contributed by atoms with Crippen LogP contribution in [-0.2, 0) is 28.4 Å². The average Bonchev–Trinajstić information content (AvgIpc) is 4.22. The number of benzene rings is 2. The van der Waals surface area contributed by atoms with Gasteiger partial charge in [-0.3, -0.25) is 9.59 Å². The van der Waals surface area contributed by atoms with Crippen LogP contribution in [0.3, 0.4) is 0 Å². The van der Waals surface area contributed by atoms with Gasteiger partial charge in [-0.1, -0.05) is 0 Å². The molecule has 2 aromatic carbocycles. The zero-order chi connectivity index (χ0) is 58.0. The molecule has 25 nitrogen and oxygen atoms in total. The highest BCUT2D eigenvalue weighted by Crippen LogP contribution is 2.41. The number of fused-ring (bicyclic) bond motifs is 2. The number of aliphatic hydroxyl groups is 2. The number of ether oxygens (including phenoxy) is 8. The van der Waals surface area contributed by atoms with E-state index in [1.165, 1.54) is 71.4 Å².